The van der Waals surface area contributed by atoms with E-state index < -0.39 is 12.1 Å². The molecule has 150 valence electrons. The number of hydrogen-bond donors (Lipinski definition) is 0. The van der Waals surface area contributed by atoms with Gasteiger partial charge in [-0.05, 0) is 75.6 Å². The molecule has 0 bridgehead atoms. The van der Waals surface area contributed by atoms with E-state index in [1.165, 1.54) is 0 Å². The molecule has 3 nitrogen and oxygen atoms in total. The van der Waals surface area contributed by atoms with Crippen molar-refractivity contribution in [2.24, 2.45) is 5.92 Å². The van der Waals surface area contributed by atoms with Crippen LogP contribution in [0.1, 0.15) is 67.4 Å². The van der Waals surface area contributed by atoms with Crippen molar-refractivity contribution in [3.05, 3.63) is 56.7 Å². The number of hydrogen-bond acceptors (Lipinski definition) is 2. The van der Waals surface area contributed by atoms with Crippen molar-refractivity contribution >= 4 is 11.6 Å². The molecule has 7 heteroatoms. The Morgan fingerprint density at radius 1 is 1.00 bits per heavy atom. The minimum absolute atomic E-state index is 0.0775. The highest BCUT2D eigenvalue weighted by Crippen LogP contribution is 2.44. The Bertz CT molecular complexity index is 924. The summed E-state index contributed by atoms with van der Waals surface area (Å²) in [5.74, 6) is -0.594. The van der Waals surface area contributed by atoms with Crippen LogP contribution in [0.3, 0.4) is 0 Å². The summed E-state index contributed by atoms with van der Waals surface area (Å²) >= 11 is 5.99. The van der Waals surface area contributed by atoms with E-state index >= 15 is 0 Å². The maximum atomic E-state index is 13.4. The maximum absolute atomic E-state index is 13.4. The molecule has 0 aliphatic heterocycles. The third-order valence-corrected chi connectivity index (χ3v) is 6.21. The zero-order valence-corrected chi connectivity index (χ0v) is 16.4. The quantitative estimate of drug-likeness (QED) is 0.630. The van der Waals surface area contributed by atoms with Crippen molar-refractivity contribution in [1.82, 2.24) is 9.55 Å². The van der Waals surface area contributed by atoms with E-state index in [2.05, 4.69) is 0 Å². The van der Waals surface area contributed by atoms with Crippen LogP contribution in [-0.2, 0) is 0 Å². The summed E-state index contributed by atoms with van der Waals surface area (Å²) in [6.07, 6.45) is -1.27. The van der Waals surface area contributed by atoms with E-state index in [9.17, 15) is 18.0 Å². The molecule has 2 fully saturated rings. The highest BCUT2D eigenvalue weighted by molar-refractivity contribution is 6.30. The Morgan fingerprint density at radius 2 is 1.57 bits per heavy atom. The van der Waals surface area contributed by atoms with Gasteiger partial charge in [-0.2, -0.15) is 13.2 Å². The smallest absolute Gasteiger partial charge is 0.269 e. The van der Waals surface area contributed by atoms with Crippen LogP contribution >= 0.6 is 11.6 Å². The van der Waals surface area contributed by atoms with Crippen molar-refractivity contribution in [2.45, 2.75) is 63.5 Å². The number of aryl methyl sites for hydroxylation is 1. The van der Waals surface area contributed by atoms with Crippen molar-refractivity contribution in [2.75, 3.05) is 0 Å². The second-order valence-corrected chi connectivity index (χ2v) is 8.39. The monoisotopic (exact) mass is 410 g/mol. The van der Waals surface area contributed by atoms with Gasteiger partial charge in [0.2, 0.25) is 0 Å². The molecule has 0 saturated heterocycles. The number of rotatable bonds is 3. The molecule has 2 saturated carbocycles. The first-order valence-electron chi connectivity index (χ1n) is 9.71. The Kier molecular flexibility index (Phi) is 5.02. The van der Waals surface area contributed by atoms with Crippen molar-refractivity contribution in [3.63, 3.8) is 0 Å². The first-order valence-corrected chi connectivity index (χ1v) is 10.1. The van der Waals surface area contributed by atoms with E-state index in [-0.39, 0.29) is 30.2 Å². The van der Waals surface area contributed by atoms with Gasteiger partial charge in [0.25, 0.3) is 5.56 Å². The molecule has 0 unspecified atom stereocenters. The molecular weight excluding hydrogens is 389 g/mol. The highest BCUT2D eigenvalue weighted by atomic mass is 35.5. The second kappa shape index (κ2) is 7.21. The summed E-state index contributed by atoms with van der Waals surface area (Å²) < 4.78 is 40.7. The normalized spacial score (nSPS) is 23.0. The number of alkyl halides is 3. The Balaban J connectivity index is 1.76. The van der Waals surface area contributed by atoms with Gasteiger partial charge >= 0.3 is 6.18 Å². The van der Waals surface area contributed by atoms with Gasteiger partial charge in [0.1, 0.15) is 5.82 Å². The lowest BCUT2D eigenvalue weighted by atomic mass is 9.81. The molecule has 2 aliphatic carbocycles. The fourth-order valence-corrected chi connectivity index (χ4v) is 4.42. The predicted octanol–water partition coefficient (Wildman–Crippen LogP) is 5.91. The largest absolute Gasteiger partial charge is 0.391 e. The molecule has 0 spiro atoms. The van der Waals surface area contributed by atoms with Crippen LogP contribution in [0.2, 0.25) is 5.02 Å². The van der Waals surface area contributed by atoms with Crippen LogP contribution < -0.4 is 5.56 Å². The van der Waals surface area contributed by atoms with Crippen LogP contribution in [0, 0.1) is 12.8 Å². The number of halogens is 4. The van der Waals surface area contributed by atoms with Gasteiger partial charge in [0.05, 0.1) is 11.6 Å². The third-order valence-electron chi connectivity index (χ3n) is 5.96. The SMILES string of the molecule is Cc1nc(C2CCC(C(F)(F)F)CC2)n(-c2ccc(Cl)cc2)c(=O)c1C1CC1. The van der Waals surface area contributed by atoms with E-state index in [1.807, 2.05) is 6.92 Å². The molecule has 1 aromatic carbocycles. The molecule has 0 amide bonds. The first-order chi connectivity index (χ1) is 13.3. The molecule has 0 N–H and O–H groups in total. The van der Waals surface area contributed by atoms with Crippen LogP contribution in [0.15, 0.2) is 29.1 Å². The van der Waals surface area contributed by atoms with Crippen molar-refractivity contribution in [1.29, 1.82) is 0 Å². The summed E-state index contributed by atoms with van der Waals surface area (Å²) in [6, 6.07) is 6.96. The predicted molar refractivity (Wildman–Crippen MR) is 102 cm³/mol. The van der Waals surface area contributed by atoms with E-state index in [1.54, 1.807) is 28.8 Å². The lowest BCUT2D eigenvalue weighted by Crippen LogP contribution is -2.32. The molecule has 4 rings (SSSR count). The molecule has 0 radical (unpaired) electrons. The van der Waals surface area contributed by atoms with Crippen LogP contribution in [0.5, 0.6) is 0 Å². The van der Waals surface area contributed by atoms with E-state index in [0.717, 1.165) is 18.4 Å². The summed E-state index contributed by atoms with van der Waals surface area (Å²) in [4.78, 5) is 18.1. The number of benzene rings is 1. The van der Waals surface area contributed by atoms with Crippen LogP contribution in [0.25, 0.3) is 5.69 Å². The zero-order valence-electron chi connectivity index (χ0n) is 15.6. The van der Waals surface area contributed by atoms with E-state index in [0.29, 0.717) is 35.1 Å². The maximum Gasteiger partial charge on any atom is 0.391 e. The minimum Gasteiger partial charge on any atom is -0.269 e. The average molecular weight is 411 g/mol. The van der Waals surface area contributed by atoms with Gasteiger partial charge in [-0.15, -0.1) is 0 Å². The zero-order chi connectivity index (χ0) is 20.1. The van der Waals surface area contributed by atoms with Gasteiger partial charge in [0.15, 0.2) is 0 Å². The van der Waals surface area contributed by atoms with Gasteiger partial charge < -0.3 is 0 Å². The van der Waals surface area contributed by atoms with Gasteiger partial charge in [-0.25, -0.2) is 4.98 Å². The summed E-state index contributed by atoms with van der Waals surface area (Å²) in [5.41, 5.74) is 2.02. The van der Waals surface area contributed by atoms with Gasteiger partial charge in [0, 0.05) is 22.2 Å². The minimum atomic E-state index is -4.15. The molecule has 0 atom stereocenters. The average Bonchev–Trinajstić information content (AvgIpc) is 3.47. The summed E-state index contributed by atoms with van der Waals surface area (Å²) in [6.45, 7) is 1.84. The molecule has 2 aromatic rings. The molecule has 1 aromatic heterocycles. The lowest BCUT2D eigenvalue weighted by Gasteiger charge is -2.31. The standard InChI is InChI=1S/C21H22ClF3N2O/c1-12-18(13-2-3-13)20(28)27(17-10-8-16(22)9-11-17)19(26-12)14-4-6-15(7-5-14)21(23,24)25/h8-11,13-15H,2-7H2,1H3. The summed E-state index contributed by atoms with van der Waals surface area (Å²) in [7, 11) is 0. The Morgan fingerprint density at radius 3 is 2.11 bits per heavy atom. The number of nitrogens with zero attached hydrogens (tertiary/aromatic N) is 2. The summed E-state index contributed by atoms with van der Waals surface area (Å²) in [5, 5.41) is 0.562. The Hall–Kier alpha value is -1.82. The fraction of sp³-hybridized carbons (Fsp3) is 0.524. The topological polar surface area (TPSA) is 34.9 Å². The third kappa shape index (κ3) is 3.71. The van der Waals surface area contributed by atoms with E-state index in [4.69, 9.17) is 16.6 Å². The molecule has 28 heavy (non-hydrogen) atoms. The first kappa shape index (κ1) is 19.5. The highest BCUT2D eigenvalue weighted by Gasteiger charge is 2.42. The fourth-order valence-electron chi connectivity index (χ4n) is 4.30. The van der Waals surface area contributed by atoms with Gasteiger partial charge in [-0.3, -0.25) is 9.36 Å². The Labute approximate surface area is 166 Å². The molecular formula is C21H22ClF3N2O. The lowest BCUT2D eigenvalue weighted by molar-refractivity contribution is -0.182. The molecule has 1 heterocycles. The second-order valence-electron chi connectivity index (χ2n) is 7.95. The van der Waals surface area contributed by atoms with Crippen LogP contribution in [-0.4, -0.2) is 15.7 Å². The van der Waals surface area contributed by atoms with Gasteiger partial charge in [-0.1, -0.05) is 11.6 Å². The van der Waals surface area contributed by atoms with Crippen molar-refractivity contribution < 1.29 is 13.2 Å². The number of aromatic nitrogens is 2. The van der Waals surface area contributed by atoms with Crippen molar-refractivity contribution in [3.8, 4) is 5.69 Å². The molecule has 2 aliphatic rings. The van der Waals surface area contributed by atoms with Crippen LogP contribution in [0.4, 0.5) is 13.2 Å².